The Labute approximate surface area is 163 Å². The number of nitrogens with one attached hydrogen (secondary N) is 2. The molecule has 0 radical (unpaired) electrons. The normalized spacial score (nSPS) is 21.9. The summed E-state index contributed by atoms with van der Waals surface area (Å²) in [6.45, 7) is 14.9. The van der Waals surface area contributed by atoms with E-state index in [1.54, 1.807) is 9.80 Å². The number of tetrazole rings is 1. The van der Waals surface area contributed by atoms with Gasteiger partial charge >= 0.3 is 0 Å². The summed E-state index contributed by atoms with van der Waals surface area (Å²) in [5.74, 6) is 1.07. The Morgan fingerprint density at radius 2 is 1.78 bits per heavy atom. The highest BCUT2D eigenvalue weighted by Crippen LogP contribution is 2.23. The minimum atomic E-state index is -0.0371. The number of nitrogens with zero attached hydrogens (tertiary/aromatic N) is 4. The molecule has 2 heterocycles. The van der Waals surface area contributed by atoms with Crippen LogP contribution in [0.4, 0.5) is 0 Å². The Bertz CT molecular complexity index is 688. The third kappa shape index (κ3) is 4.74. The molecular weight excluding hydrogens is 336 g/mol. The highest BCUT2D eigenvalue weighted by molar-refractivity contribution is 5.13. The van der Waals surface area contributed by atoms with E-state index in [0.717, 1.165) is 31.6 Å². The number of aromatic nitrogens is 4. The number of benzene rings is 1. The number of piperazine rings is 1. The molecular formula is C21H36N6+2. The molecule has 1 atom stereocenters. The van der Waals surface area contributed by atoms with Gasteiger partial charge in [0.2, 0.25) is 5.82 Å². The first-order chi connectivity index (χ1) is 13.0. The number of rotatable bonds is 8. The molecule has 0 unspecified atom stereocenters. The summed E-state index contributed by atoms with van der Waals surface area (Å²) in [5.41, 5.74) is 1.40. The Kier molecular flexibility index (Phi) is 6.60. The molecule has 3 rings (SSSR count). The maximum atomic E-state index is 4.49. The highest BCUT2D eigenvalue weighted by Gasteiger charge is 2.36. The molecule has 0 bridgehead atoms. The molecule has 1 fully saturated rings. The van der Waals surface area contributed by atoms with Crippen LogP contribution in [0.5, 0.6) is 0 Å². The molecule has 27 heavy (non-hydrogen) atoms. The van der Waals surface area contributed by atoms with Crippen molar-refractivity contribution in [3.63, 3.8) is 0 Å². The standard InChI is InChI=1S/C21H34N6/c1-5-10-19(20-22-23-24-27(20)21(3,4)6-2)26-15-13-25(14-16-26)17-18-11-8-7-9-12-18/h7-9,11-12,19H,5-6,10,13-17H2,1-4H3/p+2/t19-/m0/s1. The molecule has 0 spiro atoms. The third-order valence-corrected chi connectivity index (χ3v) is 6.21. The van der Waals surface area contributed by atoms with Crippen molar-refractivity contribution in [1.29, 1.82) is 0 Å². The fraction of sp³-hybridized carbons (Fsp3) is 0.667. The first-order valence-corrected chi connectivity index (χ1v) is 10.6. The quantitative estimate of drug-likeness (QED) is 0.715. The van der Waals surface area contributed by atoms with Crippen molar-refractivity contribution in [2.45, 2.75) is 65.1 Å². The van der Waals surface area contributed by atoms with Crippen molar-refractivity contribution >= 4 is 0 Å². The Morgan fingerprint density at radius 1 is 1.07 bits per heavy atom. The van der Waals surface area contributed by atoms with Gasteiger partial charge in [-0.1, -0.05) is 50.6 Å². The van der Waals surface area contributed by atoms with Crippen LogP contribution in [0.2, 0.25) is 0 Å². The summed E-state index contributed by atoms with van der Waals surface area (Å²) in [6.07, 6.45) is 3.33. The van der Waals surface area contributed by atoms with E-state index in [1.807, 2.05) is 0 Å². The fourth-order valence-electron chi connectivity index (χ4n) is 4.13. The zero-order valence-electron chi connectivity index (χ0n) is 17.4. The van der Waals surface area contributed by atoms with Gasteiger partial charge in [-0.15, -0.1) is 5.10 Å². The molecule has 148 valence electrons. The molecule has 1 aliphatic heterocycles. The lowest BCUT2D eigenvalue weighted by molar-refractivity contribution is -1.03. The van der Waals surface area contributed by atoms with Crippen molar-refractivity contribution < 1.29 is 9.80 Å². The van der Waals surface area contributed by atoms with Crippen molar-refractivity contribution in [3.8, 4) is 0 Å². The van der Waals surface area contributed by atoms with Gasteiger partial charge < -0.3 is 9.80 Å². The van der Waals surface area contributed by atoms with Crippen molar-refractivity contribution in [1.82, 2.24) is 20.2 Å². The van der Waals surface area contributed by atoms with Crippen molar-refractivity contribution in [3.05, 3.63) is 41.7 Å². The second-order valence-corrected chi connectivity index (χ2v) is 8.53. The van der Waals surface area contributed by atoms with Gasteiger partial charge in [-0.2, -0.15) is 0 Å². The Balaban J connectivity index is 1.68. The minimum Gasteiger partial charge on any atom is -0.322 e. The molecule has 0 saturated carbocycles. The molecule has 0 amide bonds. The first kappa shape index (κ1) is 20.0. The predicted molar refractivity (Wildman–Crippen MR) is 107 cm³/mol. The molecule has 1 saturated heterocycles. The van der Waals surface area contributed by atoms with Crippen LogP contribution >= 0.6 is 0 Å². The predicted octanol–water partition coefficient (Wildman–Crippen LogP) is 0.643. The van der Waals surface area contributed by atoms with Crippen LogP contribution in [-0.2, 0) is 12.1 Å². The lowest BCUT2D eigenvalue weighted by Crippen LogP contribution is -3.27. The van der Waals surface area contributed by atoms with Crippen LogP contribution in [0.1, 0.15) is 64.4 Å². The molecule has 2 N–H and O–H groups in total. The van der Waals surface area contributed by atoms with E-state index in [0.29, 0.717) is 6.04 Å². The van der Waals surface area contributed by atoms with Gasteiger partial charge in [0.05, 0.1) is 5.54 Å². The van der Waals surface area contributed by atoms with Crippen LogP contribution < -0.4 is 9.80 Å². The van der Waals surface area contributed by atoms with Crippen LogP contribution in [0, 0.1) is 0 Å². The first-order valence-electron chi connectivity index (χ1n) is 10.6. The lowest BCUT2D eigenvalue weighted by Gasteiger charge is -2.35. The smallest absolute Gasteiger partial charge is 0.209 e. The summed E-state index contributed by atoms with van der Waals surface area (Å²) in [6, 6.07) is 11.3. The molecule has 0 aliphatic carbocycles. The van der Waals surface area contributed by atoms with Gasteiger partial charge in [-0.3, -0.25) is 0 Å². The minimum absolute atomic E-state index is 0.0371. The monoisotopic (exact) mass is 372 g/mol. The van der Waals surface area contributed by atoms with E-state index in [1.165, 1.54) is 31.7 Å². The van der Waals surface area contributed by atoms with Gasteiger partial charge in [-0.25, -0.2) is 4.68 Å². The van der Waals surface area contributed by atoms with Gasteiger partial charge in [0.25, 0.3) is 0 Å². The molecule has 6 nitrogen and oxygen atoms in total. The van der Waals surface area contributed by atoms with Crippen molar-refractivity contribution in [2.24, 2.45) is 0 Å². The summed E-state index contributed by atoms with van der Waals surface area (Å²) in [7, 11) is 0. The largest absolute Gasteiger partial charge is 0.322 e. The topological polar surface area (TPSA) is 52.5 Å². The van der Waals surface area contributed by atoms with E-state index in [4.69, 9.17) is 0 Å². The number of quaternary nitrogens is 2. The van der Waals surface area contributed by atoms with E-state index in [-0.39, 0.29) is 5.54 Å². The third-order valence-electron chi connectivity index (χ3n) is 6.21. The molecule has 1 aromatic carbocycles. The van der Waals surface area contributed by atoms with Gasteiger partial charge in [0.15, 0.2) is 0 Å². The Hall–Kier alpha value is -1.79. The zero-order chi connectivity index (χ0) is 19.3. The average Bonchev–Trinajstić information content (AvgIpc) is 3.18. The average molecular weight is 373 g/mol. The summed E-state index contributed by atoms with van der Waals surface area (Å²) in [4.78, 5) is 3.34. The van der Waals surface area contributed by atoms with Crippen LogP contribution in [0.25, 0.3) is 0 Å². The van der Waals surface area contributed by atoms with Crippen LogP contribution in [0.3, 0.4) is 0 Å². The van der Waals surface area contributed by atoms with E-state index in [9.17, 15) is 0 Å². The summed E-state index contributed by atoms with van der Waals surface area (Å²) >= 11 is 0. The summed E-state index contributed by atoms with van der Waals surface area (Å²) < 4.78 is 2.09. The number of hydrogen-bond donors (Lipinski definition) is 2. The van der Waals surface area contributed by atoms with Gasteiger partial charge in [-0.05, 0) is 30.7 Å². The Morgan fingerprint density at radius 3 is 2.41 bits per heavy atom. The van der Waals surface area contributed by atoms with E-state index >= 15 is 0 Å². The SMILES string of the molecule is CCC[C@@H](c1nnnn1C(C)(C)CC)[NH+]1CC[NH+](Cc2ccccc2)CC1. The fourth-order valence-corrected chi connectivity index (χ4v) is 4.13. The van der Waals surface area contributed by atoms with Gasteiger partial charge in [0.1, 0.15) is 38.8 Å². The van der Waals surface area contributed by atoms with E-state index < -0.39 is 0 Å². The highest BCUT2D eigenvalue weighted by atomic mass is 15.6. The second-order valence-electron chi connectivity index (χ2n) is 8.53. The second kappa shape index (κ2) is 8.93. The lowest BCUT2D eigenvalue weighted by atomic mass is 10.0. The van der Waals surface area contributed by atoms with Crippen LogP contribution in [0.15, 0.2) is 30.3 Å². The zero-order valence-corrected chi connectivity index (χ0v) is 17.4. The van der Waals surface area contributed by atoms with Crippen molar-refractivity contribution in [2.75, 3.05) is 26.2 Å². The molecule has 6 heteroatoms. The van der Waals surface area contributed by atoms with Gasteiger partial charge in [0, 0.05) is 12.0 Å². The maximum Gasteiger partial charge on any atom is 0.209 e. The molecule has 1 aliphatic rings. The summed E-state index contributed by atoms with van der Waals surface area (Å²) in [5, 5.41) is 12.9. The van der Waals surface area contributed by atoms with Crippen LogP contribution in [-0.4, -0.2) is 46.4 Å². The number of hydrogen-bond acceptors (Lipinski definition) is 3. The maximum absolute atomic E-state index is 4.49. The molecule has 1 aromatic heterocycles. The molecule has 2 aromatic rings. The van der Waals surface area contributed by atoms with E-state index in [2.05, 4.69) is 78.2 Å².